The molecule has 1 heterocycles. The van der Waals surface area contributed by atoms with Crippen molar-refractivity contribution in [2.24, 2.45) is 0 Å². The van der Waals surface area contributed by atoms with Crippen LogP contribution in [-0.4, -0.2) is 0 Å². The van der Waals surface area contributed by atoms with Crippen molar-refractivity contribution >= 4 is 21.4 Å². The van der Waals surface area contributed by atoms with Gasteiger partial charge in [0.15, 0.2) is 0 Å². The third-order valence-corrected chi connectivity index (χ3v) is 3.91. The molecule has 1 saturated carbocycles. The first kappa shape index (κ1) is 10.1. The highest BCUT2D eigenvalue weighted by Crippen LogP contribution is 2.46. The summed E-state index contributed by atoms with van der Waals surface area (Å²) in [4.78, 5) is 0. The Bertz CT molecular complexity index is 535. The van der Waals surface area contributed by atoms with E-state index in [4.69, 9.17) is 0 Å². The molecule has 1 aliphatic rings. The zero-order chi connectivity index (χ0) is 11.3. The zero-order valence-corrected chi connectivity index (χ0v) is 9.16. The first-order valence-electron chi connectivity index (χ1n) is 5.14. The quantitative estimate of drug-likeness (QED) is 0.674. The fourth-order valence-corrected chi connectivity index (χ4v) is 3.02. The van der Waals surface area contributed by atoms with Gasteiger partial charge in [-0.2, -0.15) is 13.2 Å². The van der Waals surface area contributed by atoms with E-state index in [0.717, 1.165) is 10.1 Å². The van der Waals surface area contributed by atoms with Gasteiger partial charge in [-0.1, -0.05) is 6.07 Å². The molecule has 3 rings (SSSR count). The van der Waals surface area contributed by atoms with Crippen LogP contribution in [-0.2, 0) is 6.18 Å². The summed E-state index contributed by atoms with van der Waals surface area (Å²) in [5.74, 6) is 0.588. The second-order valence-corrected chi connectivity index (χ2v) is 5.09. The molecule has 1 fully saturated rings. The summed E-state index contributed by atoms with van der Waals surface area (Å²) in [5, 5.41) is 3.00. The highest BCUT2D eigenvalue weighted by molar-refractivity contribution is 7.17. The van der Waals surface area contributed by atoms with Crippen LogP contribution < -0.4 is 0 Å². The van der Waals surface area contributed by atoms with Crippen molar-refractivity contribution in [3.05, 3.63) is 34.7 Å². The number of fused-ring (bicyclic) bond motifs is 1. The summed E-state index contributed by atoms with van der Waals surface area (Å²) < 4.78 is 38.2. The van der Waals surface area contributed by atoms with E-state index in [9.17, 15) is 13.2 Å². The second-order valence-electron chi connectivity index (χ2n) is 4.17. The summed E-state index contributed by atoms with van der Waals surface area (Å²) in [5.41, 5.74) is 0.679. The van der Waals surface area contributed by atoms with Crippen LogP contribution in [0.4, 0.5) is 13.2 Å². The maximum atomic E-state index is 12.5. The molecule has 84 valence electrons. The van der Waals surface area contributed by atoms with Crippen LogP contribution in [0.3, 0.4) is 0 Å². The Kier molecular flexibility index (Phi) is 2.05. The molecule has 1 aromatic carbocycles. The Morgan fingerprint density at radius 1 is 1.19 bits per heavy atom. The standard InChI is InChI=1S/C12H9F3S/c13-12(14,15)8-3-4-9-10(7-1-2-7)6-16-11(9)5-8/h3-7H,1-2H2. The number of thiophene rings is 1. The number of halogens is 3. The molecule has 2 aromatic rings. The Balaban J connectivity index is 2.13. The summed E-state index contributed by atoms with van der Waals surface area (Å²) >= 11 is 1.41. The van der Waals surface area contributed by atoms with Crippen molar-refractivity contribution in [3.63, 3.8) is 0 Å². The zero-order valence-electron chi connectivity index (χ0n) is 8.34. The average molecular weight is 242 g/mol. The Morgan fingerprint density at radius 2 is 1.94 bits per heavy atom. The van der Waals surface area contributed by atoms with Crippen LogP contribution in [0.25, 0.3) is 10.1 Å². The average Bonchev–Trinajstić information content (AvgIpc) is 2.96. The maximum absolute atomic E-state index is 12.5. The molecule has 0 aliphatic heterocycles. The smallest absolute Gasteiger partial charge is 0.166 e. The predicted octanol–water partition coefficient (Wildman–Crippen LogP) is 4.80. The maximum Gasteiger partial charge on any atom is 0.416 e. The van der Waals surface area contributed by atoms with Gasteiger partial charge in [0, 0.05) is 4.70 Å². The van der Waals surface area contributed by atoms with Crippen molar-refractivity contribution < 1.29 is 13.2 Å². The molecule has 0 radical (unpaired) electrons. The minimum atomic E-state index is -4.24. The number of hydrogen-bond acceptors (Lipinski definition) is 1. The summed E-state index contributed by atoms with van der Waals surface area (Å²) in [7, 11) is 0. The SMILES string of the molecule is FC(F)(F)c1ccc2c(C3CC3)csc2c1. The van der Waals surface area contributed by atoms with Gasteiger partial charge in [0.25, 0.3) is 0 Å². The van der Waals surface area contributed by atoms with Gasteiger partial charge in [-0.3, -0.25) is 0 Å². The molecule has 0 atom stereocenters. The molecule has 0 bridgehead atoms. The van der Waals surface area contributed by atoms with Crippen molar-refractivity contribution in [1.29, 1.82) is 0 Å². The van der Waals surface area contributed by atoms with Crippen LogP contribution >= 0.6 is 11.3 Å². The number of rotatable bonds is 1. The van der Waals surface area contributed by atoms with Gasteiger partial charge < -0.3 is 0 Å². The van der Waals surface area contributed by atoms with Crippen molar-refractivity contribution in [2.75, 3.05) is 0 Å². The largest absolute Gasteiger partial charge is 0.416 e. The van der Waals surface area contributed by atoms with Crippen molar-refractivity contribution in [1.82, 2.24) is 0 Å². The molecular formula is C12H9F3S. The van der Waals surface area contributed by atoms with E-state index in [-0.39, 0.29) is 0 Å². The molecule has 0 unspecified atom stereocenters. The lowest BCUT2D eigenvalue weighted by Crippen LogP contribution is -2.03. The fraction of sp³-hybridized carbons (Fsp3) is 0.333. The Morgan fingerprint density at radius 3 is 2.56 bits per heavy atom. The van der Waals surface area contributed by atoms with Gasteiger partial charge >= 0.3 is 6.18 Å². The van der Waals surface area contributed by atoms with Crippen LogP contribution in [0.5, 0.6) is 0 Å². The molecular weight excluding hydrogens is 233 g/mol. The van der Waals surface area contributed by atoms with E-state index >= 15 is 0 Å². The second kappa shape index (κ2) is 3.23. The molecule has 0 nitrogen and oxygen atoms in total. The highest BCUT2D eigenvalue weighted by atomic mass is 32.1. The molecule has 0 spiro atoms. The van der Waals surface area contributed by atoms with Crippen LogP contribution in [0.2, 0.25) is 0 Å². The van der Waals surface area contributed by atoms with E-state index in [1.54, 1.807) is 6.07 Å². The first-order chi connectivity index (χ1) is 7.55. The fourth-order valence-electron chi connectivity index (χ4n) is 1.94. The van der Waals surface area contributed by atoms with Crippen molar-refractivity contribution in [2.45, 2.75) is 24.9 Å². The molecule has 0 N–H and O–H groups in total. The van der Waals surface area contributed by atoms with E-state index in [0.29, 0.717) is 5.92 Å². The van der Waals surface area contributed by atoms with Gasteiger partial charge in [-0.05, 0) is 47.2 Å². The van der Waals surface area contributed by atoms with Gasteiger partial charge in [-0.15, -0.1) is 11.3 Å². The topological polar surface area (TPSA) is 0 Å². The molecule has 16 heavy (non-hydrogen) atoms. The minimum Gasteiger partial charge on any atom is -0.166 e. The first-order valence-corrected chi connectivity index (χ1v) is 6.02. The third-order valence-electron chi connectivity index (χ3n) is 2.95. The lowest BCUT2D eigenvalue weighted by Gasteiger charge is -2.06. The predicted molar refractivity (Wildman–Crippen MR) is 58.8 cm³/mol. The van der Waals surface area contributed by atoms with Crippen molar-refractivity contribution in [3.8, 4) is 0 Å². The summed E-state index contributed by atoms with van der Waals surface area (Å²) in [6, 6.07) is 4.05. The monoisotopic (exact) mass is 242 g/mol. The normalized spacial score (nSPS) is 16.9. The highest BCUT2D eigenvalue weighted by Gasteiger charge is 2.31. The number of benzene rings is 1. The molecule has 4 heteroatoms. The summed E-state index contributed by atoms with van der Waals surface area (Å²) in [6.45, 7) is 0. The van der Waals surface area contributed by atoms with Crippen LogP contribution in [0, 0.1) is 0 Å². The molecule has 1 aliphatic carbocycles. The van der Waals surface area contributed by atoms with Gasteiger partial charge in [0.2, 0.25) is 0 Å². The minimum absolute atomic E-state index is 0.552. The molecule has 1 aromatic heterocycles. The van der Waals surface area contributed by atoms with Crippen LogP contribution in [0.1, 0.15) is 29.9 Å². The summed E-state index contributed by atoms with van der Waals surface area (Å²) in [6.07, 6.45) is -1.89. The van der Waals surface area contributed by atoms with E-state index < -0.39 is 11.7 Å². The Labute approximate surface area is 94.7 Å². The van der Waals surface area contributed by atoms with E-state index in [1.807, 2.05) is 5.38 Å². The van der Waals surface area contributed by atoms with E-state index in [1.165, 1.54) is 41.9 Å². The number of hydrogen-bond donors (Lipinski definition) is 0. The van der Waals surface area contributed by atoms with E-state index in [2.05, 4.69) is 0 Å². The van der Waals surface area contributed by atoms with Gasteiger partial charge in [0.05, 0.1) is 5.56 Å². The number of alkyl halides is 3. The lowest BCUT2D eigenvalue weighted by molar-refractivity contribution is -0.137. The molecule has 0 amide bonds. The van der Waals surface area contributed by atoms with Gasteiger partial charge in [0.1, 0.15) is 0 Å². The molecule has 0 saturated heterocycles. The Hall–Kier alpha value is -1.03. The third kappa shape index (κ3) is 1.61. The lowest BCUT2D eigenvalue weighted by atomic mass is 10.1. The van der Waals surface area contributed by atoms with Crippen LogP contribution in [0.15, 0.2) is 23.6 Å². The van der Waals surface area contributed by atoms with Gasteiger partial charge in [-0.25, -0.2) is 0 Å².